The molecule has 0 spiro atoms. The number of carbonyl (C=O) groups excluding carboxylic acids is 2. The Balaban J connectivity index is 1.68. The van der Waals surface area contributed by atoms with Crippen LogP contribution in [-0.4, -0.2) is 35.9 Å². The summed E-state index contributed by atoms with van der Waals surface area (Å²) in [5.41, 5.74) is 0. The third-order valence-electron chi connectivity index (χ3n) is 6.23. The molecule has 1 aliphatic heterocycles. The van der Waals surface area contributed by atoms with Gasteiger partial charge in [0, 0.05) is 31.1 Å². The highest BCUT2D eigenvalue weighted by Gasteiger charge is 2.32. The number of aliphatic hydroxyl groups is 1. The zero-order valence-electron chi connectivity index (χ0n) is 19.3. The van der Waals surface area contributed by atoms with Crippen LogP contribution in [0, 0.1) is 29.6 Å². The number of rotatable bonds is 11. The quantitative estimate of drug-likeness (QED) is 0.284. The number of hydrogen-bond donors (Lipinski definition) is 1. The number of hydrogen-bond acceptors (Lipinski definition) is 5. The summed E-state index contributed by atoms with van der Waals surface area (Å²) < 4.78 is 10.9. The molecule has 2 unspecified atom stereocenters. The minimum absolute atomic E-state index is 0.0395. The molecule has 0 aromatic heterocycles. The van der Waals surface area contributed by atoms with Crippen molar-refractivity contribution in [2.24, 2.45) is 17.8 Å². The van der Waals surface area contributed by atoms with Crippen LogP contribution in [0.25, 0.3) is 0 Å². The summed E-state index contributed by atoms with van der Waals surface area (Å²) in [6.07, 6.45) is 13.2. The maximum Gasteiger partial charge on any atom is 0.310 e. The second-order valence-corrected chi connectivity index (χ2v) is 8.96. The standard InChI is InChI=1S/C26H40O5/c1-3-4-13-22(27)14-10-12-21-17-18-24(28)23(21)15-7-5-6-11-20(2)26(29)31-25-16-8-9-19-30-25/h5,7,20-23,25,27H,3-4,6,8-9,11,13-19H2,1-2H3/t20?,21-,22-,23+,25?/m0/s1. The summed E-state index contributed by atoms with van der Waals surface area (Å²) in [6, 6.07) is 0. The average molecular weight is 433 g/mol. The second kappa shape index (κ2) is 14.4. The normalized spacial score (nSPS) is 25.8. The van der Waals surface area contributed by atoms with Crippen LogP contribution in [0.5, 0.6) is 0 Å². The first-order chi connectivity index (χ1) is 15.0. The van der Waals surface area contributed by atoms with Crippen molar-refractivity contribution in [1.29, 1.82) is 0 Å². The van der Waals surface area contributed by atoms with Gasteiger partial charge >= 0.3 is 5.97 Å². The lowest BCUT2D eigenvalue weighted by Gasteiger charge is -2.23. The molecule has 0 aromatic carbocycles. The van der Waals surface area contributed by atoms with E-state index in [1.807, 2.05) is 6.92 Å². The van der Waals surface area contributed by atoms with Crippen molar-refractivity contribution in [3.05, 3.63) is 12.2 Å². The minimum atomic E-state index is -0.376. The van der Waals surface area contributed by atoms with Gasteiger partial charge in [0.2, 0.25) is 6.29 Å². The summed E-state index contributed by atoms with van der Waals surface area (Å²) in [7, 11) is 0. The Labute approximate surface area is 188 Å². The van der Waals surface area contributed by atoms with E-state index in [0.717, 1.165) is 57.8 Å². The van der Waals surface area contributed by atoms with Gasteiger partial charge in [-0.3, -0.25) is 9.59 Å². The summed E-state index contributed by atoms with van der Waals surface area (Å²) in [5.74, 6) is 6.35. The fourth-order valence-electron chi connectivity index (χ4n) is 4.10. The lowest BCUT2D eigenvalue weighted by Crippen LogP contribution is -2.28. The third kappa shape index (κ3) is 9.58. The van der Waals surface area contributed by atoms with Crippen LogP contribution >= 0.6 is 0 Å². The van der Waals surface area contributed by atoms with Gasteiger partial charge in [0.1, 0.15) is 5.78 Å². The number of allylic oxidation sites excluding steroid dienone is 2. The van der Waals surface area contributed by atoms with E-state index in [4.69, 9.17) is 9.47 Å². The second-order valence-electron chi connectivity index (χ2n) is 8.96. The van der Waals surface area contributed by atoms with Crippen molar-refractivity contribution in [2.45, 2.75) is 103 Å². The van der Waals surface area contributed by atoms with Gasteiger partial charge in [-0.1, -0.05) is 44.8 Å². The molecular weight excluding hydrogens is 392 g/mol. The highest BCUT2D eigenvalue weighted by molar-refractivity contribution is 5.84. The number of carbonyl (C=O) groups is 2. The molecule has 174 valence electrons. The molecular formula is C26H40O5. The maximum atomic E-state index is 12.2. The molecule has 5 nitrogen and oxygen atoms in total. The van der Waals surface area contributed by atoms with Crippen LogP contribution in [0.2, 0.25) is 0 Å². The molecule has 0 aromatic rings. The average Bonchev–Trinajstić information content (AvgIpc) is 3.12. The topological polar surface area (TPSA) is 72.8 Å². The zero-order chi connectivity index (χ0) is 22.5. The van der Waals surface area contributed by atoms with Crippen molar-refractivity contribution in [3.8, 4) is 11.8 Å². The molecule has 1 aliphatic carbocycles. The van der Waals surface area contributed by atoms with E-state index in [0.29, 0.717) is 31.7 Å². The molecule has 5 heteroatoms. The monoisotopic (exact) mass is 432 g/mol. The Bertz CT molecular complexity index is 638. The van der Waals surface area contributed by atoms with E-state index in [2.05, 4.69) is 30.9 Å². The van der Waals surface area contributed by atoms with E-state index < -0.39 is 0 Å². The van der Waals surface area contributed by atoms with Crippen molar-refractivity contribution in [2.75, 3.05) is 6.61 Å². The molecule has 1 saturated heterocycles. The molecule has 31 heavy (non-hydrogen) atoms. The third-order valence-corrected chi connectivity index (χ3v) is 6.23. The molecule has 0 bridgehead atoms. The fraction of sp³-hybridized carbons (Fsp3) is 0.769. The van der Waals surface area contributed by atoms with Gasteiger partial charge in [-0.15, -0.1) is 5.92 Å². The highest BCUT2D eigenvalue weighted by atomic mass is 16.7. The number of unbranched alkanes of at least 4 members (excludes halogenated alkanes) is 1. The molecule has 2 fully saturated rings. The Morgan fingerprint density at radius 2 is 2.13 bits per heavy atom. The van der Waals surface area contributed by atoms with Gasteiger partial charge in [0.25, 0.3) is 0 Å². The first-order valence-corrected chi connectivity index (χ1v) is 12.2. The molecule has 1 N–H and O–H groups in total. The SMILES string of the molecule is CCCC[C@H](O)CC#C[C@H]1CCC(=O)[C@@H]1CC=CCCC(C)C(=O)OC1CCCCO1. The number of esters is 1. The van der Waals surface area contributed by atoms with Crippen LogP contribution in [-0.2, 0) is 19.1 Å². The highest BCUT2D eigenvalue weighted by Crippen LogP contribution is 2.31. The van der Waals surface area contributed by atoms with E-state index in [1.165, 1.54) is 0 Å². The molecule has 0 amide bonds. The molecule has 1 saturated carbocycles. The Hall–Kier alpha value is -1.64. The Kier molecular flexibility index (Phi) is 11.9. The molecule has 0 radical (unpaired) electrons. The summed E-state index contributed by atoms with van der Waals surface area (Å²) >= 11 is 0. The smallest absolute Gasteiger partial charge is 0.310 e. The van der Waals surface area contributed by atoms with Gasteiger partial charge in [-0.05, 0) is 44.9 Å². The Morgan fingerprint density at radius 1 is 1.29 bits per heavy atom. The Morgan fingerprint density at radius 3 is 2.87 bits per heavy atom. The summed E-state index contributed by atoms with van der Waals surface area (Å²) in [5, 5.41) is 9.93. The number of aliphatic hydroxyl groups excluding tert-OH is 1. The molecule has 2 aliphatic rings. The fourth-order valence-corrected chi connectivity index (χ4v) is 4.10. The maximum absolute atomic E-state index is 12.2. The predicted molar refractivity (Wildman–Crippen MR) is 121 cm³/mol. The van der Waals surface area contributed by atoms with Crippen LogP contribution < -0.4 is 0 Å². The van der Waals surface area contributed by atoms with Crippen molar-refractivity contribution >= 4 is 11.8 Å². The van der Waals surface area contributed by atoms with Gasteiger partial charge in [-0.25, -0.2) is 0 Å². The van der Waals surface area contributed by atoms with E-state index in [1.54, 1.807) is 0 Å². The lowest BCUT2D eigenvalue weighted by atomic mass is 9.92. The van der Waals surface area contributed by atoms with Crippen LogP contribution in [0.4, 0.5) is 0 Å². The van der Waals surface area contributed by atoms with Gasteiger partial charge in [0.15, 0.2) is 0 Å². The summed E-state index contributed by atoms with van der Waals surface area (Å²) in [6.45, 7) is 4.67. The molecule has 5 atom stereocenters. The molecule has 1 heterocycles. The van der Waals surface area contributed by atoms with E-state index in [9.17, 15) is 14.7 Å². The first-order valence-electron chi connectivity index (χ1n) is 12.2. The molecule has 2 rings (SSSR count). The van der Waals surface area contributed by atoms with Gasteiger partial charge in [-0.2, -0.15) is 0 Å². The summed E-state index contributed by atoms with van der Waals surface area (Å²) in [4.78, 5) is 24.4. The van der Waals surface area contributed by atoms with Crippen molar-refractivity contribution < 1.29 is 24.2 Å². The number of Topliss-reactive ketones (excluding diaryl/α,β-unsaturated/α-hetero) is 1. The predicted octanol–water partition coefficient (Wildman–Crippen LogP) is 4.96. The van der Waals surface area contributed by atoms with Crippen molar-refractivity contribution in [1.82, 2.24) is 0 Å². The zero-order valence-corrected chi connectivity index (χ0v) is 19.3. The van der Waals surface area contributed by atoms with E-state index in [-0.39, 0.29) is 36.1 Å². The van der Waals surface area contributed by atoms with Crippen LogP contribution in [0.1, 0.15) is 90.9 Å². The minimum Gasteiger partial charge on any atom is -0.436 e. The largest absolute Gasteiger partial charge is 0.436 e. The number of ketones is 1. The number of ether oxygens (including phenoxy) is 2. The van der Waals surface area contributed by atoms with E-state index >= 15 is 0 Å². The lowest BCUT2D eigenvalue weighted by molar-refractivity contribution is -0.190. The van der Waals surface area contributed by atoms with Gasteiger partial charge < -0.3 is 14.6 Å². The van der Waals surface area contributed by atoms with Crippen LogP contribution in [0.15, 0.2) is 12.2 Å². The van der Waals surface area contributed by atoms with Crippen molar-refractivity contribution in [3.63, 3.8) is 0 Å². The first kappa shape index (κ1) is 25.6. The van der Waals surface area contributed by atoms with Gasteiger partial charge in [0.05, 0.1) is 18.6 Å². The van der Waals surface area contributed by atoms with Crippen LogP contribution in [0.3, 0.4) is 0 Å².